The van der Waals surface area contributed by atoms with Gasteiger partial charge in [0.15, 0.2) is 6.10 Å². The molecule has 1 unspecified atom stereocenters. The van der Waals surface area contributed by atoms with Crippen LogP contribution in [0.4, 0.5) is 4.39 Å². The number of carbonyl (C=O) groups excluding carboxylic acids is 1. The fourth-order valence-corrected chi connectivity index (χ4v) is 2.29. The minimum atomic E-state index is -0.747. The van der Waals surface area contributed by atoms with Crippen molar-refractivity contribution >= 4 is 5.97 Å². The summed E-state index contributed by atoms with van der Waals surface area (Å²) < 4.78 is 24.5. The van der Waals surface area contributed by atoms with Gasteiger partial charge in [0.25, 0.3) is 5.89 Å². The van der Waals surface area contributed by atoms with E-state index in [1.165, 1.54) is 12.1 Å². The molecule has 0 N–H and O–H groups in total. The predicted molar refractivity (Wildman–Crippen MR) is 89.4 cm³/mol. The number of aromatic nitrogens is 2. The Morgan fingerprint density at radius 1 is 1.16 bits per heavy atom. The van der Waals surface area contributed by atoms with E-state index in [2.05, 4.69) is 10.2 Å². The number of halogens is 1. The molecule has 3 rings (SSSR count). The molecule has 0 aliphatic heterocycles. The lowest BCUT2D eigenvalue weighted by molar-refractivity contribution is 0.0279. The van der Waals surface area contributed by atoms with Gasteiger partial charge in [0, 0.05) is 5.56 Å². The second kappa shape index (κ2) is 6.84. The first-order valence-corrected chi connectivity index (χ1v) is 7.81. The lowest BCUT2D eigenvalue weighted by Crippen LogP contribution is -2.10. The molecule has 1 heterocycles. The van der Waals surface area contributed by atoms with Crippen molar-refractivity contribution in [2.75, 3.05) is 0 Å². The molecule has 0 amide bonds. The number of benzene rings is 2. The molecule has 2 aromatic carbocycles. The van der Waals surface area contributed by atoms with Crippen LogP contribution in [0.5, 0.6) is 0 Å². The molecule has 1 atom stereocenters. The lowest BCUT2D eigenvalue weighted by atomic mass is 10.1. The summed E-state index contributed by atoms with van der Waals surface area (Å²) in [6.07, 6.45) is -0.747. The third kappa shape index (κ3) is 3.74. The Bertz CT molecular complexity index is 921. The van der Waals surface area contributed by atoms with Crippen molar-refractivity contribution in [3.8, 4) is 11.5 Å². The molecule has 5 nitrogen and oxygen atoms in total. The molecule has 0 aliphatic carbocycles. The van der Waals surface area contributed by atoms with Crippen LogP contribution < -0.4 is 0 Å². The summed E-state index contributed by atoms with van der Waals surface area (Å²) in [4.78, 5) is 12.1. The van der Waals surface area contributed by atoms with Crippen LogP contribution in [0.2, 0.25) is 0 Å². The van der Waals surface area contributed by atoms with Crippen molar-refractivity contribution in [3.63, 3.8) is 0 Å². The van der Waals surface area contributed by atoms with Crippen LogP contribution in [0, 0.1) is 19.7 Å². The van der Waals surface area contributed by atoms with Crippen LogP contribution in [0.25, 0.3) is 11.5 Å². The zero-order valence-electron chi connectivity index (χ0n) is 14.1. The normalized spacial score (nSPS) is 12.0. The van der Waals surface area contributed by atoms with Gasteiger partial charge in [-0.2, -0.15) is 0 Å². The molecular weight excluding hydrogens is 323 g/mol. The molecule has 0 aliphatic rings. The van der Waals surface area contributed by atoms with Crippen LogP contribution in [0.15, 0.2) is 46.9 Å². The Balaban J connectivity index is 1.74. The van der Waals surface area contributed by atoms with Crippen LogP contribution in [-0.4, -0.2) is 16.2 Å². The molecule has 0 fully saturated rings. The van der Waals surface area contributed by atoms with E-state index in [0.29, 0.717) is 11.5 Å². The van der Waals surface area contributed by atoms with Crippen LogP contribution in [0.1, 0.15) is 40.4 Å². The van der Waals surface area contributed by atoms with Crippen LogP contribution in [0.3, 0.4) is 0 Å². The highest BCUT2D eigenvalue weighted by Gasteiger charge is 2.20. The molecule has 0 saturated heterocycles. The topological polar surface area (TPSA) is 65.2 Å². The molecule has 1 aromatic heterocycles. The highest BCUT2D eigenvalue weighted by Crippen LogP contribution is 2.24. The third-order valence-electron chi connectivity index (χ3n) is 3.74. The average molecular weight is 340 g/mol. The van der Waals surface area contributed by atoms with Gasteiger partial charge in [-0.15, -0.1) is 10.2 Å². The maximum Gasteiger partial charge on any atom is 0.339 e. The van der Waals surface area contributed by atoms with Crippen molar-refractivity contribution in [1.82, 2.24) is 10.2 Å². The molecule has 0 radical (unpaired) electrons. The maximum absolute atomic E-state index is 13.6. The first-order chi connectivity index (χ1) is 11.9. The summed E-state index contributed by atoms with van der Waals surface area (Å²) in [7, 11) is 0. The Kier molecular flexibility index (Phi) is 4.61. The molecule has 0 saturated carbocycles. The van der Waals surface area contributed by atoms with Crippen molar-refractivity contribution in [1.29, 1.82) is 0 Å². The van der Waals surface area contributed by atoms with Gasteiger partial charge in [-0.3, -0.25) is 0 Å². The fraction of sp³-hybridized carbons (Fsp3) is 0.211. The quantitative estimate of drug-likeness (QED) is 0.658. The Hall–Kier alpha value is -3.02. The number of aryl methyl sites for hydroxylation is 2. The smallest absolute Gasteiger partial charge is 0.339 e. The van der Waals surface area contributed by atoms with E-state index in [9.17, 15) is 9.18 Å². The molecule has 25 heavy (non-hydrogen) atoms. The second-order valence-electron chi connectivity index (χ2n) is 5.83. The SMILES string of the molecule is Cc1cccc(-c2nnc(C(C)OC(=O)c3ccc(C)c(F)c3)o2)c1. The molecule has 0 bridgehead atoms. The van der Waals surface area contributed by atoms with Crippen molar-refractivity contribution in [2.24, 2.45) is 0 Å². The van der Waals surface area contributed by atoms with E-state index < -0.39 is 17.9 Å². The van der Waals surface area contributed by atoms with Gasteiger partial charge in [0.05, 0.1) is 5.56 Å². The number of nitrogens with zero attached hydrogens (tertiary/aromatic N) is 2. The maximum atomic E-state index is 13.6. The van der Waals surface area contributed by atoms with Gasteiger partial charge < -0.3 is 9.15 Å². The number of esters is 1. The summed E-state index contributed by atoms with van der Waals surface area (Å²) in [6, 6.07) is 11.8. The van der Waals surface area contributed by atoms with Crippen molar-refractivity contribution in [2.45, 2.75) is 26.9 Å². The summed E-state index contributed by atoms with van der Waals surface area (Å²) >= 11 is 0. The van der Waals surface area contributed by atoms with E-state index in [-0.39, 0.29) is 11.5 Å². The minimum Gasteiger partial charge on any atom is -0.449 e. The standard InChI is InChI=1S/C19H17FN2O3/c1-11-5-4-6-14(9-11)18-22-21-17(25-18)13(3)24-19(23)15-8-7-12(2)16(20)10-15/h4-10,13H,1-3H3. The summed E-state index contributed by atoms with van der Waals surface area (Å²) in [5.74, 6) is -0.580. The van der Waals surface area contributed by atoms with E-state index in [4.69, 9.17) is 9.15 Å². The molecule has 0 spiro atoms. The first-order valence-electron chi connectivity index (χ1n) is 7.81. The second-order valence-corrected chi connectivity index (χ2v) is 5.83. The van der Waals surface area contributed by atoms with E-state index in [1.807, 2.05) is 31.2 Å². The monoisotopic (exact) mass is 340 g/mol. The predicted octanol–water partition coefficient (Wildman–Crippen LogP) is 4.41. The van der Waals surface area contributed by atoms with Gasteiger partial charge in [-0.1, -0.05) is 23.8 Å². The number of carbonyl (C=O) groups is 1. The first kappa shape index (κ1) is 16.8. The van der Waals surface area contributed by atoms with Crippen molar-refractivity contribution in [3.05, 3.63) is 70.9 Å². The van der Waals surface area contributed by atoms with Gasteiger partial charge >= 0.3 is 5.97 Å². The molecular formula is C19H17FN2O3. The van der Waals surface area contributed by atoms with Gasteiger partial charge in [-0.05, 0) is 50.6 Å². The Morgan fingerprint density at radius 2 is 1.96 bits per heavy atom. The largest absolute Gasteiger partial charge is 0.449 e. The Morgan fingerprint density at radius 3 is 2.68 bits per heavy atom. The van der Waals surface area contributed by atoms with Crippen LogP contribution >= 0.6 is 0 Å². The average Bonchev–Trinajstić information content (AvgIpc) is 3.07. The van der Waals surface area contributed by atoms with E-state index in [0.717, 1.165) is 17.2 Å². The van der Waals surface area contributed by atoms with Gasteiger partial charge in [0.1, 0.15) is 5.82 Å². The molecule has 6 heteroatoms. The summed E-state index contributed by atoms with van der Waals surface area (Å²) in [5.41, 5.74) is 2.45. The van der Waals surface area contributed by atoms with E-state index in [1.54, 1.807) is 13.8 Å². The zero-order valence-corrected chi connectivity index (χ0v) is 14.1. The van der Waals surface area contributed by atoms with Gasteiger partial charge in [-0.25, -0.2) is 9.18 Å². The summed E-state index contributed by atoms with van der Waals surface area (Å²) in [6.45, 7) is 5.21. The number of hydrogen-bond donors (Lipinski definition) is 0. The third-order valence-corrected chi connectivity index (χ3v) is 3.74. The minimum absolute atomic E-state index is 0.133. The van der Waals surface area contributed by atoms with Crippen LogP contribution in [-0.2, 0) is 4.74 Å². The Labute approximate surface area is 144 Å². The number of rotatable bonds is 4. The van der Waals surface area contributed by atoms with Crippen molar-refractivity contribution < 1.29 is 18.3 Å². The highest BCUT2D eigenvalue weighted by molar-refractivity contribution is 5.89. The van der Waals surface area contributed by atoms with E-state index >= 15 is 0 Å². The number of ether oxygens (including phenoxy) is 1. The molecule has 3 aromatic rings. The zero-order chi connectivity index (χ0) is 18.0. The highest BCUT2D eigenvalue weighted by atomic mass is 19.1. The fourth-order valence-electron chi connectivity index (χ4n) is 2.29. The number of hydrogen-bond acceptors (Lipinski definition) is 5. The summed E-state index contributed by atoms with van der Waals surface area (Å²) in [5, 5.41) is 7.92. The lowest BCUT2D eigenvalue weighted by Gasteiger charge is -2.09. The van der Waals surface area contributed by atoms with Gasteiger partial charge in [0.2, 0.25) is 5.89 Å². The molecule has 128 valence electrons.